The Morgan fingerprint density at radius 2 is 1.96 bits per heavy atom. The number of carbonyl (C=O) groups is 3. The molecule has 0 aromatic heterocycles. The van der Waals surface area contributed by atoms with Gasteiger partial charge in [-0.05, 0) is 48.0 Å². The first-order valence-corrected chi connectivity index (χ1v) is 9.01. The number of amides is 3. The first-order valence-electron chi connectivity index (χ1n) is 8.20. The van der Waals surface area contributed by atoms with E-state index in [1.165, 1.54) is 24.3 Å². The van der Waals surface area contributed by atoms with E-state index in [0.29, 0.717) is 23.0 Å². The smallest absolute Gasteiger partial charge is 0.294 e. The Morgan fingerprint density at radius 3 is 2.68 bits per heavy atom. The molecule has 1 N–H and O–H groups in total. The first-order chi connectivity index (χ1) is 13.3. The van der Waals surface area contributed by atoms with Crippen LogP contribution in [0.15, 0.2) is 53.4 Å². The summed E-state index contributed by atoms with van der Waals surface area (Å²) in [5, 5.41) is 12.9. The van der Waals surface area contributed by atoms with Gasteiger partial charge < -0.3 is 5.32 Å². The number of nitro benzene ring substituents is 1. The van der Waals surface area contributed by atoms with Crippen molar-refractivity contribution < 1.29 is 19.3 Å². The molecular weight excluding hydrogens is 382 g/mol. The second kappa shape index (κ2) is 8.05. The van der Waals surface area contributed by atoms with Crippen molar-refractivity contribution in [3.05, 3.63) is 74.7 Å². The number of nitrogens with one attached hydrogen (secondary N) is 1. The van der Waals surface area contributed by atoms with Crippen LogP contribution in [0.1, 0.15) is 11.1 Å². The van der Waals surface area contributed by atoms with Gasteiger partial charge >= 0.3 is 0 Å². The third-order valence-electron chi connectivity index (χ3n) is 3.86. The third kappa shape index (κ3) is 4.44. The molecule has 2 aromatic carbocycles. The molecule has 3 amide bonds. The second-order valence-corrected chi connectivity index (χ2v) is 7.03. The minimum atomic E-state index is -0.610. The lowest BCUT2D eigenvalue weighted by atomic mass is 10.2. The van der Waals surface area contributed by atoms with Crippen molar-refractivity contribution in [1.82, 2.24) is 4.90 Å². The molecule has 0 unspecified atom stereocenters. The van der Waals surface area contributed by atoms with Gasteiger partial charge in [0.05, 0.1) is 9.83 Å². The van der Waals surface area contributed by atoms with Crippen LogP contribution in [0.4, 0.5) is 16.2 Å². The van der Waals surface area contributed by atoms with E-state index < -0.39 is 28.5 Å². The molecule has 0 bridgehead atoms. The molecule has 1 aliphatic rings. The minimum absolute atomic E-state index is 0.105. The summed E-state index contributed by atoms with van der Waals surface area (Å²) in [4.78, 5) is 48.1. The lowest BCUT2D eigenvalue weighted by Gasteiger charge is -2.12. The van der Waals surface area contributed by atoms with Crippen LogP contribution in [0.25, 0.3) is 6.08 Å². The SMILES string of the molecule is Cc1cccc(NC(=O)CN2C(=O)SC(=Cc3cccc([N+](=O)[O-])c3)C2=O)c1. The van der Waals surface area contributed by atoms with Gasteiger partial charge in [-0.25, -0.2) is 0 Å². The van der Waals surface area contributed by atoms with Crippen molar-refractivity contribution in [3.8, 4) is 0 Å². The van der Waals surface area contributed by atoms with E-state index in [-0.39, 0.29) is 10.6 Å². The Bertz CT molecular complexity index is 1020. The number of nitro groups is 1. The van der Waals surface area contributed by atoms with Crippen LogP contribution < -0.4 is 5.32 Å². The fourth-order valence-electron chi connectivity index (χ4n) is 2.58. The van der Waals surface area contributed by atoms with Crippen LogP contribution in [0.2, 0.25) is 0 Å². The highest BCUT2D eigenvalue weighted by atomic mass is 32.2. The number of anilines is 1. The number of non-ortho nitro benzene ring substituents is 1. The molecule has 0 spiro atoms. The van der Waals surface area contributed by atoms with Crippen molar-refractivity contribution >= 4 is 46.3 Å². The Balaban J connectivity index is 1.72. The largest absolute Gasteiger partial charge is 0.325 e. The summed E-state index contributed by atoms with van der Waals surface area (Å²) in [5.41, 5.74) is 1.84. The van der Waals surface area contributed by atoms with Gasteiger partial charge in [0.15, 0.2) is 0 Å². The number of hydrogen-bond donors (Lipinski definition) is 1. The Morgan fingerprint density at radius 1 is 1.21 bits per heavy atom. The number of aryl methyl sites for hydroxylation is 1. The number of rotatable bonds is 5. The average Bonchev–Trinajstić information content (AvgIpc) is 2.89. The molecule has 0 atom stereocenters. The quantitative estimate of drug-likeness (QED) is 0.469. The van der Waals surface area contributed by atoms with Crippen LogP contribution in [0.3, 0.4) is 0 Å². The monoisotopic (exact) mass is 397 g/mol. The third-order valence-corrected chi connectivity index (χ3v) is 4.76. The van der Waals surface area contributed by atoms with Crippen molar-refractivity contribution in [2.24, 2.45) is 0 Å². The predicted octanol–water partition coefficient (Wildman–Crippen LogP) is 3.58. The van der Waals surface area contributed by atoms with Gasteiger partial charge in [0, 0.05) is 17.8 Å². The number of benzene rings is 2. The molecule has 0 saturated carbocycles. The Kier molecular flexibility index (Phi) is 5.55. The molecule has 0 aliphatic carbocycles. The molecule has 3 rings (SSSR count). The van der Waals surface area contributed by atoms with Gasteiger partial charge in [-0.15, -0.1) is 0 Å². The molecule has 2 aromatic rings. The highest BCUT2D eigenvalue weighted by molar-refractivity contribution is 8.18. The fraction of sp³-hybridized carbons (Fsp3) is 0.105. The van der Waals surface area contributed by atoms with Crippen LogP contribution in [0, 0.1) is 17.0 Å². The van der Waals surface area contributed by atoms with E-state index in [1.54, 1.807) is 24.3 Å². The predicted molar refractivity (Wildman–Crippen MR) is 106 cm³/mol. The van der Waals surface area contributed by atoms with Crippen molar-refractivity contribution in [3.63, 3.8) is 0 Å². The van der Waals surface area contributed by atoms with Crippen LogP contribution >= 0.6 is 11.8 Å². The molecule has 9 heteroatoms. The lowest BCUT2D eigenvalue weighted by molar-refractivity contribution is -0.384. The maximum atomic E-state index is 12.5. The molecular formula is C19H15N3O5S. The average molecular weight is 397 g/mol. The summed E-state index contributed by atoms with van der Waals surface area (Å²) in [5.74, 6) is -1.11. The van der Waals surface area contributed by atoms with Gasteiger partial charge in [-0.2, -0.15) is 0 Å². The first kappa shape index (κ1) is 19.3. The molecule has 142 valence electrons. The molecule has 1 aliphatic heterocycles. The van der Waals surface area contributed by atoms with Crippen molar-refractivity contribution in [2.45, 2.75) is 6.92 Å². The molecule has 8 nitrogen and oxygen atoms in total. The summed E-state index contributed by atoms with van der Waals surface area (Å²) in [6, 6.07) is 12.9. The summed E-state index contributed by atoms with van der Waals surface area (Å²) < 4.78 is 0. The van der Waals surface area contributed by atoms with Gasteiger partial charge in [0.25, 0.3) is 16.8 Å². The topological polar surface area (TPSA) is 110 Å². The van der Waals surface area contributed by atoms with Gasteiger partial charge in [-0.1, -0.05) is 24.3 Å². The van der Waals surface area contributed by atoms with Gasteiger partial charge in [-0.3, -0.25) is 29.4 Å². The van der Waals surface area contributed by atoms with E-state index in [4.69, 9.17) is 0 Å². The van der Waals surface area contributed by atoms with Crippen molar-refractivity contribution in [2.75, 3.05) is 11.9 Å². The minimum Gasteiger partial charge on any atom is -0.325 e. The number of thioether (sulfide) groups is 1. The van der Waals surface area contributed by atoms with E-state index in [0.717, 1.165) is 10.5 Å². The molecule has 1 fully saturated rings. The normalized spacial score (nSPS) is 15.2. The second-order valence-electron chi connectivity index (χ2n) is 6.04. The van der Waals surface area contributed by atoms with Crippen molar-refractivity contribution in [1.29, 1.82) is 0 Å². The van der Waals surface area contributed by atoms with Crippen LogP contribution in [-0.2, 0) is 9.59 Å². The van der Waals surface area contributed by atoms with E-state index in [2.05, 4.69) is 5.32 Å². The summed E-state index contributed by atoms with van der Waals surface area (Å²) in [7, 11) is 0. The van der Waals surface area contributed by atoms with Gasteiger partial charge in [0.2, 0.25) is 5.91 Å². The number of carbonyl (C=O) groups excluding carboxylic acids is 3. The highest BCUT2D eigenvalue weighted by Crippen LogP contribution is 2.32. The summed E-state index contributed by atoms with van der Waals surface area (Å²) in [6.07, 6.45) is 1.40. The Labute approximate surface area is 164 Å². The summed E-state index contributed by atoms with van der Waals surface area (Å²) >= 11 is 0.690. The van der Waals surface area contributed by atoms with E-state index >= 15 is 0 Å². The molecule has 1 saturated heterocycles. The maximum absolute atomic E-state index is 12.5. The van der Waals surface area contributed by atoms with Crippen LogP contribution in [-0.4, -0.2) is 33.4 Å². The number of nitrogens with zero attached hydrogens (tertiary/aromatic N) is 2. The molecule has 1 heterocycles. The maximum Gasteiger partial charge on any atom is 0.294 e. The summed E-state index contributed by atoms with van der Waals surface area (Å²) in [6.45, 7) is 1.47. The zero-order valence-electron chi connectivity index (χ0n) is 14.7. The van der Waals surface area contributed by atoms with E-state index in [1.807, 2.05) is 13.0 Å². The standard InChI is InChI=1S/C19H15N3O5S/c1-12-4-2-6-14(8-12)20-17(23)11-21-18(24)16(28-19(21)25)10-13-5-3-7-15(9-13)22(26)27/h2-10H,11H2,1H3,(H,20,23). The number of hydrogen-bond acceptors (Lipinski definition) is 6. The Hall–Kier alpha value is -3.46. The van der Waals surface area contributed by atoms with Gasteiger partial charge in [0.1, 0.15) is 6.54 Å². The highest BCUT2D eigenvalue weighted by Gasteiger charge is 2.36. The zero-order chi connectivity index (χ0) is 20.3. The molecule has 28 heavy (non-hydrogen) atoms. The lowest BCUT2D eigenvalue weighted by Crippen LogP contribution is -2.36. The van der Waals surface area contributed by atoms with Crippen LogP contribution in [0.5, 0.6) is 0 Å². The zero-order valence-corrected chi connectivity index (χ0v) is 15.6. The van der Waals surface area contributed by atoms with E-state index in [9.17, 15) is 24.5 Å². The number of imide groups is 1. The fourth-order valence-corrected chi connectivity index (χ4v) is 3.42. The molecule has 0 radical (unpaired) electrons.